The summed E-state index contributed by atoms with van der Waals surface area (Å²) in [5.74, 6) is 1.96. The molecule has 0 aliphatic carbocycles. The van der Waals surface area contributed by atoms with E-state index in [4.69, 9.17) is 14.5 Å². The van der Waals surface area contributed by atoms with E-state index in [1.165, 1.54) is 0 Å². The summed E-state index contributed by atoms with van der Waals surface area (Å²) in [7, 11) is 3.31. The molecule has 28 heavy (non-hydrogen) atoms. The number of nitrogens with zero attached hydrogens (tertiary/aromatic N) is 4. The molecule has 1 saturated heterocycles. The Morgan fingerprint density at radius 3 is 2.79 bits per heavy atom. The second kappa shape index (κ2) is 7.98. The molecule has 1 aliphatic rings. The van der Waals surface area contributed by atoms with Gasteiger partial charge in [0, 0.05) is 44.4 Å². The molecule has 2 aromatic heterocycles. The molecule has 0 radical (unpaired) electrons. The number of ether oxygens (including phenoxy) is 2. The van der Waals surface area contributed by atoms with Gasteiger partial charge in [-0.3, -0.25) is 4.79 Å². The van der Waals surface area contributed by atoms with Crippen molar-refractivity contribution in [3.63, 3.8) is 0 Å². The van der Waals surface area contributed by atoms with Crippen molar-refractivity contribution in [3.8, 4) is 5.75 Å². The fourth-order valence-electron chi connectivity index (χ4n) is 3.76. The molecule has 0 bridgehead atoms. The van der Waals surface area contributed by atoms with Gasteiger partial charge in [-0.05, 0) is 42.8 Å². The van der Waals surface area contributed by atoms with Crippen molar-refractivity contribution in [1.82, 2.24) is 19.4 Å². The SMILES string of the molecule is COCCn1c(C2CCN(C(=O)c3ccc(OC)cc3)C2)nc2cccnc21. The van der Waals surface area contributed by atoms with Crippen LogP contribution >= 0.6 is 0 Å². The van der Waals surface area contributed by atoms with Gasteiger partial charge in [-0.2, -0.15) is 0 Å². The monoisotopic (exact) mass is 380 g/mol. The predicted molar refractivity (Wildman–Crippen MR) is 106 cm³/mol. The average Bonchev–Trinajstić information content (AvgIpc) is 3.36. The highest BCUT2D eigenvalue weighted by Crippen LogP contribution is 2.30. The molecule has 4 rings (SSSR count). The maximum Gasteiger partial charge on any atom is 0.253 e. The maximum absolute atomic E-state index is 12.9. The Morgan fingerprint density at radius 1 is 1.21 bits per heavy atom. The molecule has 3 heterocycles. The molecule has 1 unspecified atom stereocenters. The number of likely N-dealkylation sites (tertiary alicyclic amines) is 1. The van der Waals surface area contributed by atoms with Crippen LogP contribution in [-0.4, -0.2) is 59.3 Å². The van der Waals surface area contributed by atoms with Crippen LogP contribution in [-0.2, 0) is 11.3 Å². The van der Waals surface area contributed by atoms with Crippen molar-refractivity contribution in [2.45, 2.75) is 18.9 Å². The van der Waals surface area contributed by atoms with E-state index in [1.54, 1.807) is 20.4 Å². The number of hydrogen-bond acceptors (Lipinski definition) is 5. The Morgan fingerprint density at radius 2 is 2.04 bits per heavy atom. The van der Waals surface area contributed by atoms with Crippen LogP contribution in [0, 0.1) is 0 Å². The lowest BCUT2D eigenvalue weighted by Crippen LogP contribution is -2.28. The molecular formula is C21H24N4O3. The van der Waals surface area contributed by atoms with Crippen molar-refractivity contribution in [3.05, 3.63) is 54.0 Å². The Bertz CT molecular complexity index is 967. The first-order chi connectivity index (χ1) is 13.7. The minimum atomic E-state index is 0.0443. The number of amides is 1. The molecule has 1 atom stereocenters. The van der Waals surface area contributed by atoms with E-state index in [2.05, 4.69) is 9.55 Å². The van der Waals surface area contributed by atoms with Crippen LogP contribution in [0.4, 0.5) is 0 Å². The van der Waals surface area contributed by atoms with Crippen LogP contribution in [0.25, 0.3) is 11.2 Å². The number of pyridine rings is 1. The van der Waals surface area contributed by atoms with Gasteiger partial charge < -0.3 is 18.9 Å². The number of benzene rings is 1. The molecule has 1 fully saturated rings. The normalized spacial score (nSPS) is 16.6. The Hall–Kier alpha value is -2.93. The van der Waals surface area contributed by atoms with Crippen LogP contribution in [0.15, 0.2) is 42.6 Å². The van der Waals surface area contributed by atoms with Gasteiger partial charge in [-0.15, -0.1) is 0 Å². The van der Waals surface area contributed by atoms with Gasteiger partial charge in [0.25, 0.3) is 5.91 Å². The lowest BCUT2D eigenvalue weighted by atomic mass is 10.1. The molecule has 7 nitrogen and oxygen atoms in total. The Kier molecular flexibility index (Phi) is 5.25. The molecular weight excluding hydrogens is 356 g/mol. The summed E-state index contributed by atoms with van der Waals surface area (Å²) < 4.78 is 12.6. The van der Waals surface area contributed by atoms with Gasteiger partial charge in [0.05, 0.1) is 13.7 Å². The average molecular weight is 380 g/mol. The third-order valence-corrected chi connectivity index (χ3v) is 5.23. The molecule has 3 aromatic rings. The zero-order valence-electron chi connectivity index (χ0n) is 16.2. The minimum absolute atomic E-state index is 0.0443. The lowest BCUT2D eigenvalue weighted by molar-refractivity contribution is 0.0790. The summed E-state index contributed by atoms with van der Waals surface area (Å²) in [6, 6.07) is 11.1. The highest BCUT2D eigenvalue weighted by atomic mass is 16.5. The van der Waals surface area contributed by atoms with Crippen LogP contribution in [0.3, 0.4) is 0 Å². The summed E-state index contributed by atoms with van der Waals surface area (Å²) in [5, 5.41) is 0. The van der Waals surface area contributed by atoms with E-state index in [0.717, 1.165) is 35.7 Å². The predicted octanol–water partition coefficient (Wildman–Crippen LogP) is 2.72. The third kappa shape index (κ3) is 3.45. The van der Waals surface area contributed by atoms with E-state index < -0.39 is 0 Å². The van der Waals surface area contributed by atoms with Gasteiger partial charge in [-0.25, -0.2) is 9.97 Å². The first-order valence-corrected chi connectivity index (χ1v) is 9.44. The second-order valence-corrected chi connectivity index (χ2v) is 6.93. The molecule has 0 N–H and O–H groups in total. The largest absolute Gasteiger partial charge is 0.497 e. The minimum Gasteiger partial charge on any atom is -0.497 e. The standard InChI is InChI=1S/C21H24N4O3/c1-27-13-12-25-19(23-18-4-3-10-22-20(18)25)16-9-11-24(14-16)21(26)15-5-7-17(28-2)8-6-15/h3-8,10,16H,9,11-14H2,1-2H3. The van der Waals surface area contributed by atoms with E-state index in [1.807, 2.05) is 41.3 Å². The van der Waals surface area contributed by atoms with Crippen molar-refractivity contribution < 1.29 is 14.3 Å². The van der Waals surface area contributed by atoms with E-state index in [0.29, 0.717) is 25.3 Å². The lowest BCUT2D eigenvalue weighted by Gasteiger charge is -2.17. The second-order valence-electron chi connectivity index (χ2n) is 6.93. The topological polar surface area (TPSA) is 69.5 Å². The number of carbonyl (C=O) groups excluding carboxylic acids is 1. The van der Waals surface area contributed by atoms with Gasteiger partial charge in [0.2, 0.25) is 0 Å². The summed E-state index contributed by atoms with van der Waals surface area (Å²) in [6.07, 6.45) is 2.67. The summed E-state index contributed by atoms with van der Waals surface area (Å²) in [4.78, 5) is 24.1. The molecule has 0 spiro atoms. The molecule has 1 amide bonds. The molecule has 7 heteroatoms. The third-order valence-electron chi connectivity index (χ3n) is 5.23. The Balaban J connectivity index is 1.55. The number of imidazole rings is 1. The number of rotatable bonds is 6. The van der Waals surface area contributed by atoms with E-state index in [-0.39, 0.29) is 11.8 Å². The summed E-state index contributed by atoms with van der Waals surface area (Å²) in [5.41, 5.74) is 2.43. The fraction of sp³-hybridized carbons (Fsp3) is 0.381. The highest BCUT2D eigenvalue weighted by Gasteiger charge is 2.31. The van der Waals surface area contributed by atoms with Crippen molar-refractivity contribution in [2.24, 2.45) is 0 Å². The molecule has 146 valence electrons. The van der Waals surface area contributed by atoms with Gasteiger partial charge in [0.15, 0.2) is 5.65 Å². The maximum atomic E-state index is 12.9. The van der Waals surface area contributed by atoms with Crippen LogP contribution < -0.4 is 4.74 Å². The molecule has 0 saturated carbocycles. The van der Waals surface area contributed by atoms with Gasteiger partial charge >= 0.3 is 0 Å². The number of hydrogen-bond donors (Lipinski definition) is 0. The summed E-state index contributed by atoms with van der Waals surface area (Å²) >= 11 is 0. The number of carbonyl (C=O) groups is 1. The smallest absolute Gasteiger partial charge is 0.253 e. The number of fused-ring (bicyclic) bond motifs is 1. The zero-order chi connectivity index (χ0) is 19.5. The molecule has 1 aromatic carbocycles. The number of methoxy groups -OCH3 is 2. The quantitative estimate of drug-likeness (QED) is 0.658. The van der Waals surface area contributed by atoms with Crippen LogP contribution in [0.2, 0.25) is 0 Å². The Labute approximate surface area is 163 Å². The van der Waals surface area contributed by atoms with Crippen LogP contribution in [0.5, 0.6) is 5.75 Å². The zero-order valence-corrected chi connectivity index (χ0v) is 16.2. The molecule has 1 aliphatic heterocycles. The van der Waals surface area contributed by atoms with E-state index >= 15 is 0 Å². The first kappa shape index (κ1) is 18.4. The first-order valence-electron chi connectivity index (χ1n) is 9.44. The van der Waals surface area contributed by atoms with Gasteiger partial charge in [0.1, 0.15) is 17.1 Å². The van der Waals surface area contributed by atoms with Gasteiger partial charge in [-0.1, -0.05) is 0 Å². The number of aromatic nitrogens is 3. The van der Waals surface area contributed by atoms with Crippen molar-refractivity contribution >= 4 is 17.1 Å². The van der Waals surface area contributed by atoms with Crippen LogP contribution in [0.1, 0.15) is 28.5 Å². The fourth-order valence-corrected chi connectivity index (χ4v) is 3.76. The van der Waals surface area contributed by atoms with Crippen molar-refractivity contribution in [2.75, 3.05) is 33.9 Å². The van der Waals surface area contributed by atoms with E-state index in [9.17, 15) is 4.79 Å². The highest BCUT2D eigenvalue weighted by molar-refractivity contribution is 5.94. The van der Waals surface area contributed by atoms with Crippen molar-refractivity contribution in [1.29, 1.82) is 0 Å². The summed E-state index contributed by atoms with van der Waals surface area (Å²) in [6.45, 7) is 2.66.